The summed E-state index contributed by atoms with van der Waals surface area (Å²) in [6.45, 7) is 5.14. The Morgan fingerprint density at radius 3 is 2.61 bits per heavy atom. The molecular weight excluding hydrogens is 235 g/mol. The summed E-state index contributed by atoms with van der Waals surface area (Å²) in [5, 5.41) is 11.7. The van der Waals surface area contributed by atoms with Gasteiger partial charge in [-0.1, -0.05) is 6.92 Å². The smallest absolute Gasteiger partial charge is 0.251 e. The lowest BCUT2D eigenvalue weighted by Gasteiger charge is -2.19. The van der Waals surface area contributed by atoms with Gasteiger partial charge in [0.2, 0.25) is 0 Å². The molecule has 5 heteroatoms. The summed E-state index contributed by atoms with van der Waals surface area (Å²) < 4.78 is 13.5. The van der Waals surface area contributed by atoms with Gasteiger partial charge in [-0.05, 0) is 31.9 Å². The molecule has 0 heterocycles. The Morgan fingerprint density at radius 1 is 1.50 bits per heavy atom. The average Bonchev–Trinajstić information content (AvgIpc) is 2.33. The first-order chi connectivity index (χ1) is 8.36. The van der Waals surface area contributed by atoms with Gasteiger partial charge in [-0.25, -0.2) is 4.39 Å². The number of nitrogen functional groups attached to an aromatic ring is 1. The Kier molecular flexibility index (Phi) is 4.67. The van der Waals surface area contributed by atoms with Crippen LogP contribution in [0.3, 0.4) is 0 Å². The van der Waals surface area contributed by atoms with E-state index in [2.05, 4.69) is 5.32 Å². The standard InChI is InChI=1S/C13H19FN2O2/c1-7(6-17)9(3)16-13(18)10-4-11(14)8(2)12(15)5-10/h4-5,7,9,17H,6,15H2,1-3H3,(H,16,18). The molecule has 0 spiro atoms. The second kappa shape index (κ2) is 5.82. The molecule has 0 saturated carbocycles. The number of halogens is 1. The number of carbonyl (C=O) groups excluding carboxylic acids is 1. The highest BCUT2D eigenvalue weighted by Gasteiger charge is 2.16. The van der Waals surface area contributed by atoms with Crippen molar-refractivity contribution < 1.29 is 14.3 Å². The van der Waals surface area contributed by atoms with Crippen molar-refractivity contribution in [2.45, 2.75) is 26.8 Å². The molecule has 2 unspecified atom stereocenters. The molecule has 1 amide bonds. The number of nitrogens with one attached hydrogen (secondary N) is 1. The van der Waals surface area contributed by atoms with Gasteiger partial charge in [-0.15, -0.1) is 0 Å². The van der Waals surface area contributed by atoms with Crippen molar-refractivity contribution in [1.29, 1.82) is 0 Å². The number of aliphatic hydroxyl groups is 1. The SMILES string of the molecule is Cc1c(N)cc(C(=O)NC(C)C(C)CO)cc1F. The van der Waals surface area contributed by atoms with Crippen LogP contribution in [0.15, 0.2) is 12.1 Å². The van der Waals surface area contributed by atoms with Gasteiger partial charge in [0.1, 0.15) is 5.82 Å². The number of benzene rings is 1. The zero-order chi connectivity index (χ0) is 13.9. The number of anilines is 1. The van der Waals surface area contributed by atoms with Gasteiger partial charge in [-0.3, -0.25) is 4.79 Å². The summed E-state index contributed by atoms with van der Waals surface area (Å²) in [6.07, 6.45) is 0. The van der Waals surface area contributed by atoms with Crippen molar-refractivity contribution in [2.75, 3.05) is 12.3 Å². The van der Waals surface area contributed by atoms with Crippen LogP contribution in [-0.4, -0.2) is 23.7 Å². The summed E-state index contributed by atoms with van der Waals surface area (Å²) in [5.41, 5.74) is 6.39. The van der Waals surface area contributed by atoms with E-state index in [9.17, 15) is 9.18 Å². The lowest BCUT2D eigenvalue weighted by Crippen LogP contribution is -2.38. The number of carbonyl (C=O) groups is 1. The molecular formula is C13H19FN2O2. The molecule has 0 fully saturated rings. The molecule has 1 rings (SSSR count). The zero-order valence-electron chi connectivity index (χ0n) is 10.8. The van der Waals surface area contributed by atoms with E-state index in [0.29, 0.717) is 5.56 Å². The van der Waals surface area contributed by atoms with Crippen LogP contribution in [0.25, 0.3) is 0 Å². The molecule has 0 aromatic heterocycles. The fourth-order valence-electron chi connectivity index (χ4n) is 1.42. The van der Waals surface area contributed by atoms with Gasteiger partial charge < -0.3 is 16.2 Å². The molecule has 0 bridgehead atoms. The molecule has 0 aliphatic rings. The van der Waals surface area contributed by atoms with Crippen molar-refractivity contribution in [3.05, 3.63) is 29.1 Å². The third-order valence-corrected chi connectivity index (χ3v) is 3.15. The number of rotatable bonds is 4. The van der Waals surface area contributed by atoms with Crippen molar-refractivity contribution >= 4 is 11.6 Å². The summed E-state index contributed by atoms with van der Waals surface area (Å²) in [7, 11) is 0. The van der Waals surface area contributed by atoms with Crippen molar-refractivity contribution in [1.82, 2.24) is 5.32 Å². The summed E-state index contributed by atoms with van der Waals surface area (Å²) >= 11 is 0. The Labute approximate surface area is 106 Å². The Morgan fingerprint density at radius 2 is 2.11 bits per heavy atom. The van der Waals surface area contributed by atoms with Crippen molar-refractivity contribution in [2.24, 2.45) is 5.92 Å². The van der Waals surface area contributed by atoms with Crippen LogP contribution in [0, 0.1) is 18.7 Å². The quantitative estimate of drug-likeness (QED) is 0.712. The van der Waals surface area contributed by atoms with Crippen LogP contribution in [0.5, 0.6) is 0 Å². The predicted octanol–water partition coefficient (Wildman–Crippen LogP) is 1.46. The molecule has 100 valence electrons. The van der Waals surface area contributed by atoms with E-state index in [1.807, 2.05) is 6.92 Å². The summed E-state index contributed by atoms with van der Waals surface area (Å²) in [4.78, 5) is 11.9. The van der Waals surface area contributed by atoms with Crippen LogP contribution in [0.4, 0.5) is 10.1 Å². The van der Waals surface area contributed by atoms with Gasteiger partial charge in [0.05, 0.1) is 0 Å². The summed E-state index contributed by atoms with van der Waals surface area (Å²) in [5.74, 6) is -0.960. The zero-order valence-corrected chi connectivity index (χ0v) is 10.8. The van der Waals surface area contributed by atoms with Crippen molar-refractivity contribution in [3.63, 3.8) is 0 Å². The maximum absolute atomic E-state index is 13.5. The number of nitrogens with two attached hydrogens (primary N) is 1. The minimum atomic E-state index is -0.497. The highest BCUT2D eigenvalue weighted by molar-refractivity contribution is 5.95. The highest BCUT2D eigenvalue weighted by Crippen LogP contribution is 2.17. The molecule has 0 aliphatic heterocycles. The second-order valence-corrected chi connectivity index (χ2v) is 4.59. The minimum Gasteiger partial charge on any atom is -0.398 e. The molecule has 0 radical (unpaired) electrons. The molecule has 4 nitrogen and oxygen atoms in total. The molecule has 4 N–H and O–H groups in total. The second-order valence-electron chi connectivity index (χ2n) is 4.59. The first-order valence-corrected chi connectivity index (χ1v) is 5.84. The van der Waals surface area contributed by atoms with Gasteiger partial charge in [-0.2, -0.15) is 0 Å². The van der Waals surface area contributed by atoms with E-state index in [-0.39, 0.29) is 29.8 Å². The Balaban J connectivity index is 2.85. The fraction of sp³-hybridized carbons (Fsp3) is 0.462. The third kappa shape index (κ3) is 3.20. The highest BCUT2D eigenvalue weighted by atomic mass is 19.1. The third-order valence-electron chi connectivity index (χ3n) is 3.15. The van der Waals surface area contributed by atoms with E-state index >= 15 is 0 Å². The fourth-order valence-corrected chi connectivity index (χ4v) is 1.42. The average molecular weight is 254 g/mol. The van der Waals surface area contributed by atoms with Crippen LogP contribution in [0.1, 0.15) is 29.8 Å². The lowest BCUT2D eigenvalue weighted by atomic mass is 10.0. The van der Waals surface area contributed by atoms with Crippen LogP contribution in [0.2, 0.25) is 0 Å². The van der Waals surface area contributed by atoms with Gasteiger partial charge >= 0.3 is 0 Å². The molecule has 0 aliphatic carbocycles. The predicted molar refractivity (Wildman–Crippen MR) is 68.7 cm³/mol. The first-order valence-electron chi connectivity index (χ1n) is 5.84. The molecule has 1 aromatic carbocycles. The van der Waals surface area contributed by atoms with E-state index < -0.39 is 11.7 Å². The van der Waals surface area contributed by atoms with Gasteiger partial charge in [0, 0.05) is 29.5 Å². The topological polar surface area (TPSA) is 75.4 Å². The monoisotopic (exact) mass is 254 g/mol. The Hall–Kier alpha value is -1.62. The lowest BCUT2D eigenvalue weighted by molar-refractivity contribution is 0.0916. The van der Waals surface area contributed by atoms with E-state index in [0.717, 1.165) is 6.07 Å². The van der Waals surface area contributed by atoms with Crippen LogP contribution in [-0.2, 0) is 0 Å². The number of amides is 1. The maximum atomic E-state index is 13.5. The maximum Gasteiger partial charge on any atom is 0.251 e. The van der Waals surface area contributed by atoms with Crippen molar-refractivity contribution in [3.8, 4) is 0 Å². The normalized spacial score (nSPS) is 14.1. The molecule has 0 saturated heterocycles. The first kappa shape index (κ1) is 14.4. The van der Waals surface area contributed by atoms with Crippen LogP contribution >= 0.6 is 0 Å². The molecule has 18 heavy (non-hydrogen) atoms. The van der Waals surface area contributed by atoms with Crippen LogP contribution < -0.4 is 11.1 Å². The molecule has 2 atom stereocenters. The van der Waals surface area contributed by atoms with E-state index in [4.69, 9.17) is 10.8 Å². The van der Waals surface area contributed by atoms with Gasteiger partial charge in [0.15, 0.2) is 0 Å². The number of hydrogen-bond donors (Lipinski definition) is 3. The molecule has 1 aromatic rings. The van der Waals surface area contributed by atoms with E-state index in [1.165, 1.54) is 6.07 Å². The minimum absolute atomic E-state index is 0.0220. The largest absolute Gasteiger partial charge is 0.398 e. The number of hydrogen-bond acceptors (Lipinski definition) is 3. The van der Waals surface area contributed by atoms with E-state index in [1.54, 1.807) is 13.8 Å². The van der Waals surface area contributed by atoms with Gasteiger partial charge in [0.25, 0.3) is 5.91 Å². The summed E-state index contributed by atoms with van der Waals surface area (Å²) in [6, 6.07) is 2.41. The Bertz CT molecular complexity index is 426. The number of aliphatic hydroxyl groups excluding tert-OH is 1.